The van der Waals surface area contributed by atoms with E-state index in [9.17, 15) is 18.4 Å². The average Bonchev–Trinajstić information content (AvgIpc) is 3.03. The van der Waals surface area contributed by atoms with E-state index in [-0.39, 0.29) is 32.1 Å². The summed E-state index contributed by atoms with van der Waals surface area (Å²) in [6.07, 6.45) is 0. The fourth-order valence-corrected chi connectivity index (χ4v) is 3.26. The number of anilines is 1. The van der Waals surface area contributed by atoms with Gasteiger partial charge in [-0.3, -0.25) is 20.4 Å². The fourth-order valence-electron chi connectivity index (χ4n) is 2.40. The number of nitrogens with one attached hydrogen (secondary N) is 2. The number of carbonyl (C=O) groups is 1. The highest BCUT2D eigenvalue weighted by molar-refractivity contribution is 7.22. The molecule has 0 unspecified atom stereocenters. The molecule has 0 aliphatic heterocycles. The predicted molar refractivity (Wildman–Crippen MR) is 93.1 cm³/mol. The van der Waals surface area contributed by atoms with E-state index in [0.29, 0.717) is 5.39 Å². The second-order valence-electron chi connectivity index (χ2n) is 5.30. The summed E-state index contributed by atoms with van der Waals surface area (Å²) in [6.45, 7) is 0. The third-order valence-electron chi connectivity index (χ3n) is 3.55. The number of halogens is 2. The molecule has 4 aromatic rings. The van der Waals surface area contributed by atoms with Gasteiger partial charge >= 0.3 is 5.91 Å². The Morgan fingerprint density at radius 2 is 1.96 bits per heavy atom. The van der Waals surface area contributed by atoms with Crippen molar-refractivity contribution < 1.29 is 18.0 Å². The van der Waals surface area contributed by atoms with Crippen LogP contribution in [0.2, 0.25) is 0 Å². The van der Waals surface area contributed by atoms with Gasteiger partial charge in [0, 0.05) is 12.1 Å². The number of rotatable bonds is 3. The molecule has 2 N–H and O–H groups in total. The van der Waals surface area contributed by atoms with Gasteiger partial charge in [-0.05, 0) is 18.2 Å². The first-order valence-corrected chi connectivity index (χ1v) is 8.18. The number of aromatic nitrogens is 1. The Morgan fingerprint density at radius 3 is 2.81 bits per heavy atom. The molecule has 26 heavy (non-hydrogen) atoms. The lowest BCUT2D eigenvalue weighted by molar-refractivity contribution is 0.0935. The first kappa shape index (κ1) is 16.2. The van der Waals surface area contributed by atoms with Crippen LogP contribution in [0.5, 0.6) is 0 Å². The molecule has 0 saturated carbocycles. The van der Waals surface area contributed by atoms with Crippen LogP contribution in [0.25, 0.3) is 21.2 Å². The fraction of sp³-hybridized carbons (Fsp3) is 0. The van der Waals surface area contributed by atoms with Crippen LogP contribution < -0.4 is 16.3 Å². The maximum Gasteiger partial charge on any atom is 0.305 e. The van der Waals surface area contributed by atoms with Gasteiger partial charge in [0.2, 0.25) is 5.13 Å². The van der Waals surface area contributed by atoms with Gasteiger partial charge in [-0.1, -0.05) is 23.5 Å². The molecule has 9 heteroatoms. The third-order valence-corrected chi connectivity index (χ3v) is 4.47. The number of carbonyl (C=O) groups excluding carboxylic acids is 1. The van der Waals surface area contributed by atoms with Gasteiger partial charge in [-0.2, -0.15) is 0 Å². The minimum Gasteiger partial charge on any atom is -0.451 e. The van der Waals surface area contributed by atoms with E-state index in [1.54, 1.807) is 24.3 Å². The molecule has 0 aliphatic carbocycles. The van der Waals surface area contributed by atoms with Crippen molar-refractivity contribution in [2.45, 2.75) is 0 Å². The van der Waals surface area contributed by atoms with Crippen molar-refractivity contribution in [3.63, 3.8) is 0 Å². The second kappa shape index (κ2) is 6.19. The maximum absolute atomic E-state index is 13.7. The highest BCUT2D eigenvalue weighted by atomic mass is 32.1. The van der Waals surface area contributed by atoms with E-state index in [4.69, 9.17) is 4.42 Å². The van der Waals surface area contributed by atoms with Crippen LogP contribution in [0.3, 0.4) is 0 Å². The zero-order valence-corrected chi connectivity index (χ0v) is 13.7. The molecular formula is C17H9F2N3O3S. The maximum atomic E-state index is 13.7. The van der Waals surface area contributed by atoms with Crippen molar-refractivity contribution in [1.82, 2.24) is 10.4 Å². The normalized spacial score (nSPS) is 11.0. The minimum atomic E-state index is -0.795. The number of amides is 1. The topological polar surface area (TPSA) is 84.2 Å². The molecular weight excluding hydrogens is 364 g/mol. The number of fused-ring (bicyclic) bond motifs is 2. The molecule has 0 bridgehead atoms. The summed E-state index contributed by atoms with van der Waals surface area (Å²) in [6, 6.07) is 9.49. The SMILES string of the molecule is O=C(NNc1nc2c(F)cc(F)cc2s1)c1cc(=O)c2ccccc2o1. The van der Waals surface area contributed by atoms with Crippen molar-refractivity contribution in [3.05, 3.63) is 70.1 Å². The van der Waals surface area contributed by atoms with Crippen LogP contribution in [-0.2, 0) is 0 Å². The van der Waals surface area contributed by atoms with Crippen molar-refractivity contribution in [3.8, 4) is 0 Å². The molecule has 0 spiro atoms. The van der Waals surface area contributed by atoms with Crippen LogP contribution in [0.1, 0.15) is 10.6 Å². The van der Waals surface area contributed by atoms with E-state index in [2.05, 4.69) is 15.8 Å². The Labute approximate surface area is 148 Å². The zero-order chi connectivity index (χ0) is 18.3. The summed E-state index contributed by atoms with van der Waals surface area (Å²) in [5.41, 5.74) is 4.73. The average molecular weight is 373 g/mol. The highest BCUT2D eigenvalue weighted by Gasteiger charge is 2.14. The van der Waals surface area contributed by atoms with Gasteiger partial charge in [0.25, 0.3) is 0 Å². The van der Waals surface area contributed by atoms with E-state index < -0.39 is 17.5 Å². The first-order chi connectivity index (χ1) is 12.5. The Balaban J connectivity index is 1.57. The smallest absolute Gasteiger partial charge is 0.305 e. The number of nitrogens with zero attached hydrogens (tertiary/aromatic N) is 1. The molecule has 2 aromatic heterocycles. The summed E-state index contributed by atoms with van der Waals surface area (Å²) >= 11 is 0.959. The van der Waals surface area contributed by atoms with Crippen molar-refractivity contribution >= 4 is 43.6 Å². The molecule has 2 heterocycles. The standard InChI is InChI=1S/C17H9F2N3O3S/c18-8-5-10(19)15-14(6-8)26-17(20-15)22-21-16(24)13-7-11(23)9-3-1-2-4-12(9)25-13/h1-7H,(H,20,22)(H,21,24). The summed E-state index contributed by atoms with van der Waals surface area (Å²) < 4.78 is 32.6. The lowest BCUT2D eigenvalue weighted by atomic mass is 10.2. The van der Waals surface area contributed by atoms with Crippen molar-refractivity contribution in [1.29, 1.82) is 0 Å². The van der Waals surface area contributed by atoms with Crippen LogP contribution in [0, 0.1) is 11.6 Å². The zero-order valence-electron chi connectivity index (χ0n) is 12.9. The molecule has 0 radical (unpaired) electrons. The van der Waals surface area contributed by atoms with Crippen LogP contribution >= 0.6 is 11.3 Å². The van der Waals surface area contributed by atoms with Gasteiger partial charge in [0.05, 0.1) is 10.1 Å². The Kier molecular flexibility index (Phi) is 3.85. The Morgan fingerprint density at radius 1 is 1.15 bits per heavy atom. The quantitative estimate of drug-likeness (QED) is 0.538. The van der Waals surface area contributed by atoms with Gasteiger partial charge in [0.1, 0.15) is 16.9 Å². The lowest BCUT2D eigenvalue weighted by Crippen LogP contribution is -2.29. The summed E-state index contributed by atoms with van der Waals surface area (Å²) in [5, 5.41) is 0.515. The molecule has 2 aromatic carbocycles. The van der Waals surface area contributed by atoms with Crippen LogP contribution in [0.15, 0.2) is 51.7 Å². The molecule has 0 aliphatic rings. The number of para-hydroxylation sites is 1. The van der Waals surface area contributed by atoms with Gasteiger partial charge < -0.3 is 4.42 Å². The molecule has 1 amide bonds. The largest absolute Gasteiger partial charge is 0.451 e. The predicted octanol–water partition coefficient (Wildman–Crippen LogP) is 3.44. The molecule has 4 rings (SSSR count). The van der Waals surface area contributed by atoms with E-state index in [0.717, 1.165) is 29.5 Å². The molecule has 130 valence electrons. The number of thiazole rings is 1. The van der Waals surface area contributed by atoms with Gasteiger partial charge in [0.15, 0.2) is 17.0 Å². The summed E-state index contributed by atoms with van der Waals surface area (Å²) in [4.78, 5) is 28.1. The minimum absolute atomic E-state index is 0.00890. The Hall–Kier alpha value is -3.33. The molecule has 0 saturated heterocycles. The van der Waals surface area contributed by atoms with Gasteiger partial charge in [-0.15, -0.1) is 0 Å². The summed E-state index contributed by atoms with van der Waals surface area (Å²) in [5.74, 6) is -2.42. The van der Waals surface area contributed by atoms with E-state index in [1.165, 1.54) is 0 Å². The molecule has 0 atom stereocenters. The molecule has 6 nitrogen and oxygen atoms in total. The van der Waals surface area contributed by atoms with Gasteiger partial charge in [-0.25, -0.2) is 13.8 Å². The number of hydrogen-bond acceptors (Lipinski definition) is 6. The van der Waals surface area contributed by atoms with Crippen LogP contribution in [0.4, 0.5) is 13.9 Å². The van der Waals surface area contributed by atoms with E-state index in [1.807, 2.05) is 0 Å². The number of benzene rings is 2. The Bertz CT molecular complexity index is 1220. The summed E-state index contributed by atoms with van der Waals surface area (Å²) in [7, 11) is 0. The van der Waals surface area contributed by atoms with E-state index >= 15 is 0 Å². The first-order valence-electron chi connectivity index (χ1n) is 7.36. The van der Waals surface area contributed by atoms with Crippen LogP contribution in [-0.4, -0.2) is 10.9 Å². The molecule has 0 fully saturated rings. The highest BCUT2D eigenvalue weighted by Crippen LogP contribution is 2.28. The monoisotopic (exact) mass is 373 g/mol. The second-order valence-corrected chi connectivity index (χ2v) is 6.33. The third kappa shape index (κ3) is 2.88. The lowest BCUT2D eigenvalue weighted by Gasteiger charge is -2.05. The van der Waals surface area contributed by atoms with Crippen molar-refractivity contribution in [2.24, 2.45) is 0 Å². The number of hydrazine groups is 1. The van der Waals surface area contributed by atoms with Crippen molar-refractivity contribution in [2.75, 3.05) is 5.43 Å². The number of hydrogen-bond donors (Lipinski definition) is 2.